The summed E-state index contributed by atoms with van der Waals surface area (Å²) in [6.45, 7) is 0.476. The van der Waals surface area contributed by atoms with Crippen molar-refractivity contribution in [1.82, 2.24) is 9.88 Å². The van der Waals surface area contributed by atoms with E-state index in [-0.39, 0.29) is 0 Å². The van der Waals surface area contributed by atoms with Crippen molar-refractivity contribution in [2.45, 2.75) is 12.5 Å². The van der Waals surface area contributed by atoms with Crippen molar-refractivity contribution in [2.75, 3.05) is 12.0 Å². The maximum Gasteiger partial charge on any atom is 0.416 e. The molecule has 3 aromatic carbocycles. The molecule has 1 aromatic heterocycles. The number of aromatic nitrogens is 1. The first-order chi connectivity index (χ1) is 15.5. The zero-order chi connectivity index (χ0) is 22.2. The van der Waals surface area contributed by atoms with Crippen LogP contribution in [0.2, 0.25) is 10.0 Å². The number of aromatic amines is 1. The highest BCUT2D eigenvalue weighted by Gasteiger charge is 2.35. The number of anilines is 1. The number of benzene rings is 3. The molecule has 0 radical (unpaired) electrons. The minimum atomic E-state index is -0.455. The summed E-state index contributed by atoms with van der Waals surface area (Å²) in [5, 5.41) is 11.5. The molecule has 4 aromatic rings. The first-order valence-electron chi connectivity index (χ1n) is 10.1. The normalized spacial score (nSPS) is 15.5. The van der Waals surface area contributed by atoms with Crippen LogP contribution < -0.4 is 10.2 Å². The van der Waals surface area contributed by atoms with Crippen LogP contribution in [0.5, 0.6) is 5.75 Å². The molecule has 1 aliphatic heterocycles. The molecule has 0 spiro atoms. The molecule has 0 saturated carbocycles. The highest BCUT2D eigenvalue weighted by Crippen LogP contribution is 2.39. The van der Waals surface area contributed by atoms with Gasteiger partial charge in [-0.05, 0) is 72.1 Å². The summed E-state index contributed by atoms with van der Waals surface area (Å²) >= 11 is 12.2. The van der Waals surface area contributed by atoms with Gasteiger partial charge in [-0.1, -0.05) is 35.3 Å². The molecular formula is C24H19Cl2N3O3. The fraction of sp³-hybridized carbons (Fsp3) is 0.125. The van der Waals surface area contributed by atoms with Crippen molar-refractivity contribution in [2.24, 2.45) is 0 Å². The van der Waals surface area contributed by atoms with Gasteiger partial charge < -0.3 is 9.72 Å². The van der Waals surface area contributed by atoms with E-state index in [1.165, 1.54) is 0 Å². The molecule has 1 amide bonds. The Hall–Kier alpha value is -3.19. The van der Waals surface area contributed by atoms with E-state index in [1.807, 2.05) is 30.3 Å². The Kier molecular flexibility index (Phi) is 5.43. The lowest BCUT2D eigenvalue weighted by molar-refractivity contribution is 0.135. The lowest BCUT2D eigenvalue weighted by Crippen LogP contribution is -2.42. The number of hydrogen-bond donors (Lipinski definition) is 3. The van der Waals surface area contributed by atoms with Crippen LogP contribution in [0.4, 0.5) is 10.5 Å². The van der Waals surface area contributed by atoms with Crippen LogP contribution >= 0.6 is 23.2 Å². The smallest absolute Gasteiger partial charge is 0.410 e. The SMILES string of the molecule is O=C(Oc1ccc(Cl)cc1)N1CCc2c([nH]c3ccc(Cl)cc23)C1c1ccc(NO)cc1. The van der Waals surface area contributed by atoms with Crippen LogP contribution in [0.15, 0.2) is 66.7 Å². The molecule has 1 unspecified atom stereocenters. The molecule has 3 N–H and O–H groups in total. The number of H-pyrrole nitrogens is 1. The van der Waals surface area contributed by atoms with Crippen LogP contribution in [0.25, 0.3) is 10.9 Å². The number of rotatable bonds is 3. The molecule has 2 heterocycles. The largest absolute Gasteiger partial charge is 0.416 e. The highest BCUT2D eigenvalue weighted by molar-refractivity contribution is 6.31. The number of nitrogens with one attached hydrogen (secondary N) is 2. The van der Waals surface area contributed by atoms with E-state index < -0.39 is 12.1 Å². The minimum absolute atomic E-state index is 0.391. The van der Waals surface area contributed by atoms with Gasteiger partial charge in [0.05, 0.1) is 5.69 Å². The van der Waals surface area contributed by atoms with Gasteiger partial charge in [-0.2, -0.15) is 0 Å². The molecule has 32 heavy (non-hydrogen) atoms. The Morgan fingerprint density at radius 1 is 1.03 bits per heavy atom. The summed E-state index contributed by atoms with van der Waals surface area (Å²) in [6.07, 6.45) is 0.210. The average Bonchev–Trinajstić information content (AvgIpc) is 3.18. The molecule has 0 saturated heterocycles. The van der Waals surface area contributed by atoms with Crippen LogP contribution in [0, 0.1) is 0 Å². The van der Waals surface area contributed by atoms with Crippen LogP contribution in [0.3, 0.4) is 0 Å². The Morgan fingerprint density at radius 3 is 2.47 bits per heavy atom. The molecule has 0 aliphatic carbocycles. The van der Waals surface area contributed by atoms with Crippen molar-refractivity contribution in [3.63, 3.8) is 0 Å². The van der Waals surface area contributed by atoms with Crippen molar-refractivity contribution < 1.29 is 14.7 Å². The Bertz CT molecular complexity index is 1290. The molecular weight excluding hydrogens is 449 g/mol. The van der Waals surface area contributed by atoms with Gasteiger partial charge >= 0.3 is 6.09 Å². The summed E-state index contributed by atoms with van der Waals surface area (Å²) < 4.78 is 5.65. The van der Waals surface area contributed by atoms with Crippen LogP contribution in [0.1, 0.15) is 22.9 Å². The van der Waals surface area contributed by atoms with Gasteiger partial charge in [-0.15, -0.1) is 0 Å². The molecule has 1 aliphatic rings. The number of halogens is 2. The maximum atomic E-state index is 13.2. The van der Waals surface area contributed by atoms with E-state index >= 15 is 0 Å². The van der Waals surface area contributed by atoms with Crippen molar-refractivity contribution >= 4 is 45.9 Å². The van der Waals surface area contributed by atoms with E-state index in [1.54, 1.807) is 41.3 Å². The quantitative estimate of drug-likeness (QED) is 0.303. The lowest BCUT2D eigenvalue weighted by atomic mass is 9.92. The predicted molar refractivity (Wildman–Crippen MR) is 125 cm³/mol. The monoisotopic (exact) mass is 467 g/mol. The number of carbonyl (C=O) groups is 1. The summed E-state index contributed by atoms with van der Waals surface area (Å²) in [5.41, 5.74) is 6.60. The predicted octanol–water partition coefficient (Wildman–Crippen LogP) is 6.42. The van der Waals surface area contributed by atoms with E-state index in [4.69, 9.17) is 27.9 Å². The van der Waals surface area contributed by atoms with Crippen molar-refractivity contribution in [1.29, 1.82) is 0 Å². The fourth-order valence-electron chi connectivity index (χ4n) is 4.21. The number of amides is 1. The molecule has 0 fully saturated rings. The summed E-state index contributed by atoms with van der Waals surface area (Å²) in [5.74, 6) is 0.423. The van der Waals surface area contributed by atoms with Crippen molar-refractivity contribution in [3.8, 4) is 5.75 Å². The van der Waals surface area contributed by atoms with Gasteiger partial charge in [0.2, 0.25) is 0 Å². The number of hydrogen-bond acceptors (Lipinski definition) is 4. The summed E-state index contributed by atoms with van der Waals surface area (Å²) in [4.78, 5) is 18.4. The minimum Gasteiger partial charge on any atom is -0.410 e. The summed E-state index contributed by atoms with van der Waals surface area (Å²) in [6, 6.07) is 19.3. The second-order valence-corrected chi connectivity index (χ2v) is 8.48. The lowest BCUT2D eigenvalue weighted by Gasteiger charge is -2.35. The Morgan fingerprint density at radius 2 is 1.75 bits per heavy atom. The third-order valence-electron chi connectivity index (χ3n) is 5.70. The fourth-order valence-corrected chi connectivity index (χ4v) is 4.50. The number of fused-ring (bicyclic) bond motifs is 3. The molecule has 5 rings (SSSR count). The molecule has 6 nitrogen and oxygen atoms in total. The van der Waals surface area contributed by atoms with E-state index in [0.29, 0.717) is 34.4 Å². The Balaban J connectivity index is 1.57. The van der Waals surface area contributed by atoms with Crippen LogP contribution in [-0.2, 0) is 6.42 Å². The second kappa shape index (κ2) is 8.39. The number of carbonyl (C=O) groups excluding carboxylic acids is 1. The molecule has 1 atom stereocenters. The number of ether oxygens (including phenoxy) is 1. The zero-order valence-corrected chi connectivity index (χ0v) is 18.3. The van der Waals surface area contributed by atoms with Crippen molar-refractivity contribution in [3.05, 3.63) is 93.6 Å². The van der Waals surface area contributed by atoms with Gasteiger partial charge in [0.1, 0.15) is 11.8 Å². The first-order valence-corrected chi connectivity index (χ1v) is 10.8. The van der Waals surface area contributed by atoms with Gasteiger partial charge in [0, 0.05) is 33.2 Å². The van der Waals surface area contributed by atoms with E-state index in [2.05, 4.69) is 10.5 Å². The molecule has 0 bridgehead atoms. The standard InChI is InChI=1S/C24H19Cl2N3O3/c25-15-3-8-18(9-4-15)32-24(30)29-12-11-19-20-13-16(26)5-10-21(20)27-22(19)23(29)14-1-6-17(28-31)7-2-14/h1-10,13,23,27-28,31H,11-12H2. The van der Waals surface area contributed by atoms with Gasteiger partial charge in [-0.3, -0.25) is 15.6 Å². The molecule has 162 valence electrons. The average molecular weight is 468 g/mol. The van der Waals surface area contributed by atoms with Gasteiger partial charge in [0.25, 0.3) is 0 Å². The zero-order valence-electron chi connectivity index (χ0n) is 16.8. The highest BCUT2D eigenvalue weighted by atomic mass is 35.5. The molecule has 8 heteroatoms. The second-order valence-electron chi connectivity index (χ2n) is 7.61. The third-order valence-corrected chi connectivity index (χ3v) is 6.18. The topological polar surface area (TPSA) is 77.6 Å². The van der Waals surface area contributed by atoms with E-state index in [0.717, 1.165) is 27.7 Å². The maximum absolute atomic E-state index is 13.2. The first kappa shape index (κ1) is 20.7. The van der Waals surface area contributed by atoms with Gasteiger partial charge in [-0.25, -0.2) is 4.79 Å². The Labute approximate surface area is 194 Å². The number of nitrogens with zero attached hydrogens (tertiary/aromatic N) is 1. The van der Waals surface area contributed by atoms with Crippen LogP contribution in [-0.4, -0.2) is 27.7 Å². The van der Waals surface area contributed by atoms with Gasteiger partial charge in [0.15, 0.2) is 0 Å². The van der Waals surface area contributed by atoms with E-state index in [9.17, 15) is 10.0 Å². The summed E-state index contributed by atoms with van der Waals surface area (Å²) in [7, 11) is 0. The third kappa shape index (κ3) is 3.77.